The Morgan fingerprint density at radius 1 is 1.42 bits per heavy atom. The zero-order chi connectivity index (χ0) is 13.5. The highest BCUT2D eigenvalue weighted by molar-refractivity contribution is 9.10. The summed E-state index contributed by atoms with van der Waals surface area (Å²) in [4.78, 5) is 0. The van der Waals surface area contributed by atoms with Gasteiger partial charge in [-0.15, -0.1) is 0 Å². The Kier molecular flexibility index (Phi) is 6.06. The molecule has 1 aromatic carbocycles. The number of benzene rings is 1. The fraction of sp³-hybridized carbons (Fsp3) is 0.538. The van der Waals surface area contributed by atoms with Crippen LogP contribution in [0.25, 0.3) is 0 Å². The molecule has 1 aliphatic heterocycles. The molecule has 2 N–H and O–H groups in total. The molecule has 2 rings (SSSR count). The van der Waals surface area contributed by atoms with Crippen molar-refractivity contribution in [3.8, 4) is 5.75 Å². The summed E-state index contributed by atoms with van der Waals surface area (Å²) in [5.41, 5.74) is 3.18. The van der Waals surface area contributed by atoms with E-state index in [9.17, 15) is 5.11 Å². The number of aliphatic hydroxyl groups excluding tert-OH is 1. The van der Waals surface area contributed by atoms with Gasteiger partial charge in [-0.3, -0.25) is 5.43 Å². The third-order valence-electron chi connectivity index (χ3n) is 2.80. The van der Waals surface area contributed by atoms with Gasteiger partial charge in [0.15, 0.2) is 0 Å². The molecule has 1 aliphatic rings. The number of nitrogens with zero attached hydrogens (tertiary/aromatic N) is 1. The summed E-state index contributed by atoms with van der Waals surface area (Å²) >= 11 is 3.38. The van der Waals surface area contributed by atoms with E-state index in [0.29, 0.717) is 6.54 Å². The van der Waals surface area contributed by atoms with Gasteiger partial charge in [0, 0.05) is 24.1 Å². The van der Waals surface area contributed by atoms with Crippen molar-refractivity contribution >= 4 is 15.9 Å². The largest absolute Gasteiger partial charge is 0.491 e. The van der Waals surface area contributed by atoms with Crippen LogP contribution < -0.4 is 10.2 Å². The molecule has 5 nitrogen and oxygen atoms in total. The fourth-order valence-electron chi connectivity index (χ4n) is 1.76. The minimum Gasteiger partial charge on any atom is -0.491 e. The van der Waals surface area contributed by atoms with E-state index in [1.54, 1.807) is 0 Å². The number of halogens is 1. The zero-order valence-electron chi connectivity index (χ0n) is 10.7. The molecule has 0 amide bonds. The van der Waals surface area contributed by atoms with Crippen LogP contribution >= 0.6 is 15.9 Å². The second kappa shape index (κ2) is 7.81. The lowest BCUT2D eigenvalue weighted by molar-refractivity contribution is -0.000792. The molecule has 1 fully saturated rings. The number of morpholine rings is 1. The minimum absolute atomic E-state index is 0.272. The Morgan fingerprint density at radius 3 is 2.95 bits per heavy atom. The molecule has 0 bridgehead atoms. The van der Waals surface area contributed by atoms with Crippen LogP contribution in [0.4, 0.5) is 0 Å². The number of hydrazine groups is 1. The maximum Gasteiger partial charge on any atom is 0.120 e. The van der Waals surface area contributed by atoms with E-state index in [-0.39, 0.29) is 6.61 Å². The number of rotatable bonds is 6. The second-order valence-corrected chi connectivity index (χ2v) is 5.30. The van der Waals surface area contributed by atoms with Crippen molar-refractivity contribution < 1.29 is 14.6 Å². The van der Waals surface area contributed by atoms with Crippen LogP contribution in [0.2, 0.25) is 0 Å². The summed E-state index contributed by atoms with van der Waals surface area (Å²) in [6, 6.07) is 7.58. The molecule has 19 heavy (non-hydrogen) atoms. The highest BCUT2D eigenvalue weighted by Crippen LogP contribution is 2.17. The van der Waals surface area contributed by atoms with Gasteiger partial charge < -0.3 is 14.6 Å². The van der Waals surface area contributed by atoms with E-state index < -0.39 is 6.10 Å². The van der Waals surface area contributed by atoms with Gasteiger partial charge in [-0.2, -0.15) is 0 Å². The maximum atomic E-state index is 9.85. The molecular formula is C13H19BrN2O3. The SMILES string of the molecule is OC(CNN1CCOCC1)COc1cccc(Br)c1. The van der Waals surface area contributed by atoms with Gasteiger partial charge in [0.05, 0.1) is 13.2 Å². The summed E-state index contributed by atoms with van der Waals surface area (Å²) in [6.45, 7) is 3.91. The summed E-state index contributed by atoms with van der Waals surface area (Å²) in [5, 5.41) is 11.9. The molecule has 0 aliphatic carbocycles. The molecule has 0 aromatic heterocycles. The first-order valence-corrected chi connectivity index (χ1v) is 7.16. The second-order valence-electron chi connectivity index (χ2n) is 4.38. The Morgan fingerprint density at radius 2 is 2.21 bits per heavy atom. The van der Waals surface area contributed by atoms with Crippen molar-refractivity contribution in [2.45, 2.75) is 6.10 Å². The lowest BCUT2D eigenvalue weighted by Gasteiger charge is -2.28. The van der Waals surface area contributed by atoms with Crippen LogP contribution in [0, 0.1) is 0 Å². The first-order chi connectivity index (χ1) is 9.24. The number of hydrogen-bond acceptors (Lipinski definition) is 5. The quantitative estimate of drug-likeness (QED) is 0.815. The van der Waals surface area contributed by atoms with Crippen LogP contribution in [0.15, 0.2) is 28.7 Å². The summed E-state index contributed by atoms with van der Waals surface area (Å²) in [7, 11) is 0. The lowest BCUT2D eigenvalue weighted by atomic mass is 10.3. The molecule has 0 spiro atoms. The third-order valence-corrected chi connectivity index (χ3v) is 3.29. The van der Waals surface area contributed by atoms with Crippen LogP contribution in [0.1, 0.15) is 0 Å². The standard InChI is InChI=1S/C13H19BrN2O3/c14-11-2-1-3-13(8-11)19-10-12(17)9-15-16-4-6-18-7-5-16/h1-3,8,12,15,17H,4-7,9-10H2. The molecule has 6 heteroatoms. The fourth-order valence-corrected chi connectivity index (χ4v) is 2.14. The Hall–Kier alpha value is -0.660. The third kappa shape index (κ3) is 5.46. The Balaban J connectivity index is 1.65. The zero-order valence-corrected chi connectivity index (χ0v) is 12.3. The molecule has 0 radical (unpaired) electrons. The van der Waals surface area contributed by atoms with E-state index in [4.69, 9.17) is 9.47 Å². The first-order valence-electron chi connectivity index (χ1n) is 6.36. The Labute approximate surface area is 121 Å². The molecule has 0 saturated carbocycles. The highest BCUT2D eigenvalue weighted by atomic mass is 79.9. The predicted molar refractivity (Wildman–Crippen MR) is 76.0 cm³/mol. The first kappa shape index (κ1) is 14.7. The Bertz CT molecular complexity index is 386. The number of aliphatic hydroxyl groups is 1. The highest BCUT2D eigenvalue weighted by Gasteiger charge is 2.12. The molecule has 1 aromatic rings. The van der Waals surface area contributed by atoms with Gasteiger partial charge in [0.25, 0.3) is 0 Å². The van der Waals surface area contributed by atoms with Gasteiger partial charge in [-0.05, 0) is 18.2 Å². The van der Waals surface area contributed by atoms with Crippen molar-refractivity contribution in [2.75, 3.05) is 39.5 Å². The van der Waals surface area contributed by atoms with Crippen molar-refractivity contribution in [3.63, 3.8) is 0 Å². The van der Waals surface area contributed by atoms with E-state index in [2.05, 4.69) is 26.4 Å². The van der Waals surface area contributed by atoms with Crippen molar-refractivity contribution in [1.82, 2.24) is 10.4 Å². The number of nitrogens with one attached hydrogen (secondary N) is 1. The van der Waals surface area contributed by atoms with E-state index in [1.807, 2.05) is 24.3 Å². The van der Waals surface area contributed by atoms with Crippen LogP contribution in [-0.4, -0.2) is 55.7 Å². The van der Waals surface area contributed by atoms with Crippen molar-refractivity contribution in [3.05, 3.63) is 28.7 Å². The number of ether oxygens (including phenoxy) is 2. The average Bonchev–Trinajstić information content (AvgIpc) is 2.44. The molecule has 1 heterocycles. The predicted octanol–water partition coefficient (Wildman–Crippen LogP) is 1.03. The summed E-state index contributed by atoms with van der Waals surface area (Å²) in [5.74, 6) is 0.750. The van der Waals surface area contributed by atoms with Gasteiger partial charge in [0.1, 0.15) is 18.5 Å². The van der Waals surface area contributed by atoms with E-state index >= 15 is 0 Å². The normalized spacial score (nSPS) is 18.2. The monoisotopic (exact) mass is 330 g/mol. The van der Waals surface area contributed by atoms with Crippen molar-refractivity contribution in [2.24, 2.45) is 0 Å². The van der Waals surface area contributed by atoms with Gasteiger partial charge in [-0.25, -0.2) is 5.01 Å². The average molecular weight is 331 g/mol. The van der Waals surface area contributed by atoms with Crippen molar-refractivity contribution in [1.29, 1.82) is 0 Å². The number of hydrogen-bond donors (Lipinski definition) is 2. The summed E-state index contributed by atoms with van der Waals surface area (Å²) < 4.78 is 11.7. The van der Waals surface area contributed by atoms with Gasteiger partial charge in [-0.1, -0.05) is 22.0 Å². The van der Waals surface area contributed by atoms with Crippen LogP contribution in [0.3, 0.4) is 0 Å². The minimum atomic E-state index is -0.540. The van der Waals surface area contributed by atoms with Crippen LogP contribution in [-0.2, 0) is 4.74 Å². The smallest absolute Gasteiger partial charge is 0.120 e. The van der Waals surface area contributed by atoms with Gasteiger partial charge >= 0.3 is 0 Å². The molecule has 1 unspecified atom stereocenters. The summed E-state index contributed by atoms with van der Waals surface area (Å²) in [6.07, 6.45) is -0.540. The molecule has 1 atom stereocenters. The molecule has 1 saturated heterocycles. The maximum absolute atomic E-state index is 9.85. The lowest BCUT2D eigenvalue weighted by Crippen LogP contribution is -2.48. The topological polar surface area (TPSA) is 54.0 Å². The van der Waals surface area contributed by atoms with E-state index in [1.165, 1.54) is 0 Å². The van der Waals surface area contributed by atoms with Crippen LogP contribution in [0.5, 0.6) is 5.75 Å². The molecule has 106 valence electrons. The molecular weight excluding hydrogens is 312 g/mol. The van der Waals surface area contributed by atoms with Gasteiger partial charge in [0.2, 0.25) is 0 Å². The van der Waals surface area contributed by atoms with E-state index in [0.717, 1.165) is 36.5 Å².